The van der Waals surface area contributed by atoms with E-state index in [9.17, 15) is 8.78 Å². The molecule has 0 saturated heterocycles. The minimum absolute atomic E-state index is 0.105. The van der Waals surface area contributed by atoms with Crippen LogP contribution in [0.4, 0.5) is 8.78 Å². The Labute approximate surface area is 106 Å². The van der Waals surface area contributed by atoms with Crippen LogP contribution in [0.1, 0.15) is 30.5 Å². The zero-order valence-electron chi connectivity index (χ0n) is 10.6. The minimum atomic E-state index is -2.82. The van der Waals surface area contributed by atoms with Crippen molar-refractivity contribution in [2.45, 2.75) is 32.9 Å². The molecule has 0 bridgehead atoms. The van der Waals surface area contributed by atoms with Crippen molar-refractivity contribution in [2.75, 3.05) is 13.2 Å². The molecule has 1 atom stereocenters. The lowest BCUT2D eigenvalue weighted by Gasteiger charge is -2.18. The second-order valence-corrected chi connectivity index (χ2v) is 4.17. The second kappa shape index (κ2) is 7.28. The molecule has 1 aromatic carbocycles. The number of rotatable bonds is 7. The van der Waals surface area contributed by atoms with Gasteiger partial charge < -0.3 is 15.2 Å². The fourth-order valence-electron chi connectivity index (χ4n) is 1.72. The van der Waals surface area contributed by atoms with Crippen molar-refractivity contribution in [1.82, 2.24) is 5.32 Å². The Bertz CT molecular complexity index is 372. The van der Waals surface area contributed by atoms with E-state index in [1.165, 1.54) is 0 Å². The van der Waals surface area contributed by atoms with Gasteiger partial charge in [-0.05, 0) is 32.9 Å². The van der Waals surface area contributed by atoms with Gasteiger partial charge in [0.15, 0.2) is 0 Å². The van der Waals surface area contributed by atoms with E-state index in [1.54, 1.807) is 12.1 Å². The summed E-state index contributed by atoms with van der Waals surface area (Å²) in [4.78, 5) is 0. The van der Waals surface area contributed by atoms with E-state index in [-0.39, 0.29) is 18.4 Å². The molecular formula is C13H19F2NO2. The van der Waals surface area contributed by atoms with Crippen LogP contribution in [-0.4, -0.2) is 24.9 Å². The molecule has 102 valence electrons. The summed E-state index contributed by atoms with van der Waals surface area (Å²) in [5.74, 6) is 0.194. The number of hydrogen-bond donors (Lipinski definition) is 2. The lowest BCUT2D eigenvalue weighted by molar-refractivity contribution is -0.0506. The summed E-state index contributed by atoms with van der Waals surface area (Å²) in [5.41, 5.74) is 1.69. The molecule has 0 aromatic heterocycles. The summed E-state index contributed by atoms with van der Waals surface area (Å²) in [6.07, 6.45) is 0.626. The first kappa shape index (κ1) is 14.9. The molecule has 0 amide bonds. The predicted octanol–water partition coefficient (Wildman–Crippen LogP) is 2.63. The first-order valence-corrected chi connectivity index (χ1v) is 5.94. The van der Waals surface area contributed by atoms with Gasteiger partial charge in [-0.15, -0.1) is 0 Å². The summed E-state index contributed by atoms with van der Waals surface area (Å²) >= 11 is 0. The molecule has 2 N–H and O–H groups in total. The number of aliphatic hydroxyl groups excluding tert-OH is 1. The van der Waals surface area contributed by atoms with E-state index in [1.807, 2.05) is 19.9 Å². The van der Waals surface area contributed by atoms with E-state index in [0.29, 0.717) is 18.5 Å². The molecule has 1 unspecified atom stereocenters. The topological polar surface area (TPSA) is 41.5 Å². The maximum absolute atomic E-state index is 12.3. The molecule has 0 aliphatic rings. The summed E-state index contributed by atoms with van der Waals surface area (Å²) in [5, 5.41) is 11.9. The van der Waals surface area contributed by atoms with Gasteiger partial charge in [0.1, 0.15) is 5.75 Å². The monoisotopic (exact) mass is 259 g/mol. The Morgan fingerprint density at radius 3 is 2.72 bits per heavy atom. The van der Waals surface area contributed by atoms with Crippen LogP contribution in [0.15, 0.2) is 18.2 Å². The average Bonchev–Trinajstić information content (AvgIpc) is 2.31. The van der Waals surface area contributed by atoms with Crippen molar-refractivity contribution < 1.29 is 18.6 Å². The zero-order chi connectivity index (χ0) is 13.5. The third-order valence-corrected chi connectivity index (χ3v) is 2.63. The summed E-state index contributed by atoms with van der Waals surface area (Å²) in [6, 6.07) is 5.02. The highest BCUT2D eigenvalue weighted by molar-refractivity contribution is 5.39. The van der Waals surface area contributed by atoms with Gasteiger partial charge in [-0.1, -0.05) is 17.7 Å². The highest BCUT2D eigenvalue weighted by atomic mass is 19.3. The van der Waals surface area contributed by atoms with E-state index < -0.39 is 6.61 Å². The number of benzene rings is 1. The zero-order valence-corrected chi connectivity index (χ0v) is 10.6. The molecule has 0 heterocycles. The Morgan fingerprint density at radius 2 is 2.11 bits per heavy atom. The highest BCUT2D eigenvalue weighted by Gasteiger charge is 2.14. The molecule has 0 aliphatic heterocycles. The minimum Gasteiger partial charge on any atom is -0.434 e. The molecular weight excluding hydrogens is 240 g/mol. The van der Waals surface area contributed by atoms with E-state index in [4.69, 9.17) is 5.11 Å². The van der Waals surface area contributed by atoms with Crippen molar-refractivity contribution in [3.8, 4) is 5.75 Å². The van der Waals surface area contributed by atoms with Gasteiger partial charge in [0.2, 0.25) is 0 Å². The van der Waals surface area contributed by atoms with Crippen molar-refractivity contribution in [2.24, 2.45) is 0 Å². The summed E-state index contributed by atoms with van der Waals surface area (Å²) in [6.45, 7) is 1.69. The van der Waals surface area contributed by atoms with Crippen LogP contribution in [-0.2, 0) is 0 Å². The van der Waals surface area contributed by atoms with Crippen LogP contribution in [0.2, 0.25) is 0 Å². The normalized spacial score (nSPS) is 12.8. The summed E-state index contributed by atoms with van der Waals surface area (Å²) in [7, 11) is 0. The van der Waals surface area contributed by atoms with E-state index in [0.717, 1.165) is 5.56 Å². The average molecular weight is 259 g/mol. The molecule has 0 radical (unpaired) electrons. The Kier molecular flexibility index (Phi) is 6.01. The largest absolute Gasteiger partial charge is 0.434 e. The summed E-state index contributed by atoms with van der Waals surface area (Å²) < 4.78 is 29.1. The third kappa shape index (κ3) is 4.58. The number of halogens is 2. The smallest absolute Gasteiger partial charge is 0.387 e. The number of alkyl halides is 2. The third-order valence-electron chi connectivity index (χ3n) is 2.63. The quantitative estimate of drug-likeness (QED) is 0.740. The van der Waals surface area contributed by atoms with Crippen molar-refractivity contribution in [3.05, 3.63) is 29.3 Å². The lowest BCUT2D eigenvalue weighted by atomic mass is 10.0. The Morgan fingerprint density at radius 1 is 1.39 bits per heavy atom. The predicted molar refractivity (Wildman–Crippen MR) is 65.9 cm³/mol. The van der Waals surface area contributed by atoms with Crippen molar-refractivity contribution >= 4 is 0 Å². The van der Waals surface area contributed by atoms with Crippen LogP contribution in [0, 0.1) is 6.92 Å². The van der Waals surface area contributed by atoms with Crippen LogP contribution >= 0.6 is 0 Å². The van der Waals surface area contributed by atoms with Gasteiger partial charge in [0.25, 0.3) is 0 Å². The van der Waals surface area contributed by atoms with Crippen LogP contribution in [0.3, 0.4) is 0 Å². The SMILES string of the molecule is Cc1ccc(OC(F)F)c(C(C)NCCCO)c1. The molecule has 1 rings (SSSR count). The fraction of sp³-hybridized carbons (Fsp3) is 0.538. The lowest BCUT2D eigenvalue weighted by Crippen LogP contribution is -2.21. The molecule has 0 aliphatic carbocycles. The second-order valence-electron chi connectivity index (χ2n) is 4.17. The molecule has 0 spiro atoms. The van der Waals surface area contributed by atoms with Crippen LogP contribution in [0.25, 0.3) is 0 Å². The van der Waals surface area contributed by atoms with E-state index in [2.05, 4.69) is 10.1 Å². The molecule has 1 aromatic rings. The maximum Gasteiger partial charge on any atom is 0.387 e. The van der Waals surface area contributed by atoms with Gasteiger partial charge in [-0.3, -0.25) is 0 Å². The molecule has 5 heteroatoms. The number of aliphatic hydroxyl groups is 1. The molecule has 3 nitrogen and oxygen atoms in total. The van der Waals surface area contributed by atoms with Gasteiger partial charge in [-0.25, -0.2) is 0 Å². The van der Waals surface area contributed by atoms with Crippen molar-refractivity contribution in [1.29, 1.82) is 0 Å². The maximum atomic E-state index is 12.3. The van der Waals surface area contributed by atoms with Crippen LogP contribution in [0.5, 0.6) is 5.75 Å². The first-order valence-electron chi connectivity index (χ1n) is 5.94. The molecule has 0 fully saturated rings. The molecule has 0 saturated carbocycles. The number of nitrogens with one attached hydrogen (secondary N) is 1. The highest BCUT2D eigenvalue weighted by Crippen LogP contribution is 2.27. The van der Waals surface area contributed by atoms with Gasteiger partial charge in [-0.2, -0.15) is 8.78 Å². The number of hydrogen-bond acceptors (Lipinski definition) is 3. The van der Waals surface area contributed by atoms with Crippen LogP contribution < -0.4 is 10.1 Å². The molecule has 18 heavy (non-hydrogen) atoms. The Balaban J connectivity index is 2.79. The van der Waals surface area contributed by atoms with E-state index >= 15 is 0 Å². The van der Waals surface area contributed by atoms with Gasteiger partial charge >= 0.3 is 6.61 Å². The van der Waals surface area contributed by atoms with Gasteiger partial charge in [0.05, 0.1) is 0 Å². The number of aryl methyl sites for hydroxylation is 1. The first-order chi connectivity index (χ1) is 8.54. The van der Waals surface area contributed by atoms with Gasteiger partial charge in [0, 0.05) is 18.2 Å². The fourth-order valence-corrected chi connectivity index (χ4v) is 1.72. The number of ether oxygens (including phenoxy) is 1. The standard InChI is InChI=1S/C13H19F2NO2/c1-9-4-5-12(18-13(14)15)11(8-9)10(2)16-6-3-7-17/h4-5,8,10,13,16-17H,3,6-7H2,1-2H3. The van der Waals surface area contributed by atoms with Crippen molar-refractivity contribution in [3.63, 3.8) is 0 Å². The Hall–Kier alpha value is -1.20.